The van der Waals surface area contributed by atoms with Crippen molar-refractivity contribution in [2.75, 3.05) is 6.54 Å². The second kappa shape index (κ2) is 8.02. The van der Waals surface area contributed by atoms with E-state index in [0.29, 0.717) is 12.1 Å². The van der Waals surface area contributed by atoms with Crippen LogP contribution >= 0.6 is 0 Å². The molecule has 2 heterocycles. The second-order valence-electron chi connectivity index (χ2n) is 6.43. The molecular formula is C17H13F6N5O3. The van der Waals surface area contributed by atoms with Gasteiger partial charge in [-0.15, -0.1) is 5.10 Å². The van der Waals surface area contributed by atoms with Gasteiger partial charge in [0, 0.05) is 30.8 Å². The van der Waals surface area contributed by atoms with Crippen molar-refractivity contribution in [2.45, 2.75) is 24.9 Å². The lowest BCUT2D eigenvalue weighted by molar-refractivity contribution is -0.143. The van der Waals surface area contributed by atoms with E-state index in [0.717, 1.165) is 28.3 Å². The van der Waals surface area contributed by atoms with Gasteiger partial charge < -0.3 is 5.11 Å². The van der Waals surface area contributed by atoms with Crippen LogP contribution in [-0.2, 0) is 21.9 Å². The van der Waals surface area contributed by atoms with Gasteiger partial charge in [-0.25, -0.2) is 9.67 Å². The zero-order valence-electron chi connectivity index (χ0n) is 15.3. The van der Waals surface area contributed by atoms with E-state index in [-0.39, 0.29) is 19.0 Å². The maximum Gasteiger partial charge on any atom is 0.416 e. The molecule has 2 aromatic rings. The lowest BCUT2D eigenvalue weighted by atomic mass is 10.0. The lowest BCUT2D eigenvalue weighted by Crippen LogP contribution is -2.43. The van der Waals surface area contributed by atoms with Crippen LogP contribution in [0.2, 0.25) is 0 Å². The molecule has 1 aromatic carbocycles. The number of amides is 2. The average Bonchev–Trinajstić information content (AvgIpc) is 3.27. The fraction of sp³-hybridized carbons (Fsp3) is 0.294. The summed E-state index contributed by atoms with van der Waals surface area (Å²) in [4.78, 5) is 27.0. The predicted molar refractivity (Wildman–Crippen MR) is 91.3 cm³/mol. The molecule has 1 aliphatic heterocycles. The van der Waals surface area contributed by atoms with Crippen LogP contribution in [0, 0.1) is 0 Å². The average molecular weight is 449 g/mol. The van der Waals surface area contributed by atoms with Gasteiger partial charge in [0.1, 0.15) is 12.4 Å². The molecule has 166 valence electrons. The Balaban J connectivity index is 1.79. The molecule has 3 rings (SSSR count). The van der Waals surface area contributed by atoms with E-state index < -0.39 is 52.8 Å². The van der Waals surface area contributed by atoms with Gasteiger partial charge in [0.25, 0.3) is 11.8 Å². The molecule has 2 amide bonds. The summed E-state index contributed by atoms with van der Waals surface area (Å²) in [5.74, 6) is -1.90. The van der Waals surface area contributed by atoms with Gasteiger partial charge in [-0.05, 0) is 18.2 Å². The van der Waals surface area contributed by atoms with Gasteiger partial charge in [-0.3, -0.25) is 20.0 Å². The third kappa shape index (κ3) is 5.20. The molecule has 14 heteroatoms. The van der Waals surface area contributed by atoms with Crippen LogP contribution in [0.4, 0.5) is 26.3 Å². The minimum Gasteiger partial charge on any atom is -0.383 e. The Labute approximate surface area is 169 Å². The number of nitrogens with zero attached hydrogens (tertiary/aromatic N) is 4. The normalized spacial score (nSPS) is 17.6. The molecular weight excluding hydrogens is 436 g/mol. The molecule has 0 aliphatic carbocycles. The van der Waals surface area contributed by atoms with E-state index in [1.54, 1.807) is 0 Å². The highest BCUT2D eigenvalue weighted by Gasteiger charge is 2.37. The van der Waals surface area contributed by atoms with E-state index in [9.17, 15) is 41.0 Å². The van der Waals surface area contributed by atoms with Crippen LogP contribution in [0.1, 0.15) is 17.5 Å². The number of nitrogens with one attached hydrogen (secondary N) is 1. The number of halogens is 6. The minimum absolute atomic E-state index is 0.0126. The number of aromatic nitrogens is 3. The van der Waals surface area contributed by atoms with Crippen molar-refractivity contribution in [3.05, 3.63) is 41.7 Å². The van der Waals surface area contributed by atoms with E-state index in [2.05, 4.69) is 15.5 Å². The molecule has 1 aliphatic rings. The number of hydrogen-bond donors (Lipinski definition) is 2. The summed E-state index contributed by atoms with van der Waals surface area (Å²) >= 11 is 0. The molecule has 8 nitrogen and oxygen atoms in total. The smallest absolute Gasteiger partial charge is 0.383 e. The lowest BCUT2D eigenvalue weighted by Gasteiger charge is -2.15. The van der Waals surface area contributed by atoms with Crippen molar-refractivity contribution < 1.29 is 41.0 Å². The zero-order chi connectivity index (χ0) is 23.0. The summed E-state index contributed by atoms with van der Waals surface area (Å²) in [6.07, 6.45) is -8.20. The van der Waals surface area contributed by atoms with E-state index in [1.807, 2.05) is 0 Å². The summed E-state index contributed by atoms with van der Waals surface area (Å²) in [5, 5.41) is 14.0. The molecule has 1 fully saturated rings. The highest BCUT2D eigenvalue weighted by atomic mass is 19.4. The van der Waals surface area contributed by atoms with Gasteiger partial charge in [0.2, 0.25) is 0 Å². The maximum atomic E-state index is 13.0. The number of aliphatic hydroxyl groups is 1. The number of rotatable bonds is 4. The Morgan fingerprint density at radius 3 is 2.26 bits per heavy atom. The van der Waals surface area contributed by atoms with Crippen LogP contribution in [0.15, 0.2) is 30.6 Å². The standard InChI is InChI=1S/C17H13F6N5O3/c18-16(19,20)10-5-9(6-11(7-10)17(21,22)23)14-24-8-27(26-14)3-2-13(30)25-28-4-1-12(29)15(28)31/h2-3,5-8,12,29H,1,4H2,(H,25,30)/b3-2-. The topological polar surface area (TPSA) is 100 Å². The molecule has 1 saturated heterocycles. The first kappa shape index (κ1) is 22.3. The number of alkyl halides is 6. The first-order valence-corrected chi connectivity index (χ1v) is 8.54. The van der Waals surface area contributed by atoms with Gasteiger partial charge in [0.15, 0.2) is 5.82 Å². The largest absolute Gasteiger partial charge is 0.416 e. The number of aliphatic hydroxyl groups excluding tert-OH is 1. The quantitative estimate of drug-likeness (QED) is 0.550. The predicted octanol–water partition coefficient (Wildman–Crippen LogP) is 2.08. The van der Waals surface area contributed by atoms with Crippen LogP contribution in [0.5, 0.6) is 0 Å². The van der Waals surface area contributed by atoms with Gasteiger partial charge >= 0.3 is 12.4 Å². The van der Waals surface area contributed by atoms with Crippen molar-refractivity contribution in [1.82, 2.24) is 25.2 Å². The van der Waals surface area contributed by atoms with E-state index in [1.165, 1.54) is 0 Å². The van der Waals surface area contributed by atoms with Crippen molar-refractivity contribution in [3.8, 4) is 11.4 Å². The molecule has 0 radical (unpaired) electrons. The first-order valence-electron chi connectivity index (χ1n) is 8.54. The fourth-order valence-corrected chi connectivity index (χ4v) is 2.65. The zero-order valence-corrected chi connectivity index (χ0v) is 15.3. The van der Waals surface area contributed by atoms with Crippen LogP contribution in [0.3, 0.4) is 0 Å². The minimum atomic E-state index is -5.02. The number of hydrogen-bond acceptors (Lipinski definition) is 5. The molecule has 0 spiro atoms. The summed E-state index contributed by atoms with van der Waals surface area (Å²) in [6.45, 7) is 0.101. The first-order chi connectivity index (χ1) is 14.3. The highest BCUT2D eigenvalue weighted by molar-refractivity contribution is 5.92. The van der Waals surface area contributed by atoms with Crippen LogP contribution in [0.25, 0.3) is 17.6 Å². The van der Waals surface area contributed by atoms with E-state index in [4.69, 9.17) is 0 Å². The summed E-state index contributed by atoms with van der Waals surface area (Å²) in [5.41, 5.74) is -1.34. The van der Waals surface area contributed by atoms with Crippen LogP contribution < -0.4 is 5.43 Å². The third-order valence-electron chi connectivity index (χ3n) is 4.16. The van der Waals surface area contributed by atoms with Crippen molar-refractivity contribution in [2.24, 2.45) is 0 Å². The summed E-state index contributed by atoms with van der Waals surface area (Å²) in [6, 6.07) is 0.951. The van der Waals surface area contributed by atoms with Crippen molar-refractivity contribution in [1.29, 1.82) is 0 Å². The molecule has 2 N–H and O–H groups in total. The SMILES string of the molecule is O=C(/C=C\n1cnc(-c2cc(C(F)(F)F)cc(C(F)(F)F)c2)n1)NN1CCC(O)C1=O. The van der Waals surface area contributed by atoms with Gasteiger partial charge in [0.05, 0.1) is 11.1 Å². The van der Waals surface area contributed by atoms with Gasteiger partial charge in [-0.2, -0.15) is 26.3 Å². The molecule has 31 heavy (non-hydrogen) atoms. The number of carbonyl (C=O) groups is 2. The van der Waals surface area contributed by atoms with Crippen molar-refractivity contribution in [3.63, 3.8) is 0 Å². The summed E-state index contributed by atoms with van der Waals surface area (Å²) in [7, 11) is 0. The number of hydrazine groups is 1. The molecule has 1 atom stereocenters. The Kier molecular flexibility index (Phi) is 5.76. The monoisotopic (exact) mass is 449 g/mol. The molecule has 1 unspecified atom stereocenters. The molecule has 1 aromatic heterocycles. The van der Waals surface area contributed by atoms with Crippen molar-refractivity contribution >= 4 is 18.0 Å². The Morgan fingerprint density at radius 2 is 1.74 bits per heavy atom. The highest BCUT2D eigenvalue weighted by Crippen LogP contribution is 2.38. The second-order valence-corrected chi connectivity index (χ2v) is 6.43. The van der Waals surface area contributed by atoms with Gasteiger partial charge in [-0.1, -0.05) is 0 Å². The summed E-state index contributed by atoms with van der Waals surface area (Å²) < 4.78 is 78.7. The third-order valence-corrected chi connectivity index (χ3v) is 4.16. The molecule has 0 saturated carbocycles. The molecule has 0 bridgehead atoms. The Morgan fingerprint density at radius 1 is 1.13 bits per heavy atom. The van der Waals surface area contributed by atoms with Crippen LogP contribution in [-0.4, -0.2) is 49.3 Å². The Bertz CT molecular complexity index is 998. The fourth-order valence-electron chi connectivity index (χ4n) is 2.65. The Hall–Kier alpha value is -3.42. The number of carbonyl (C=O) groups excluding carboxylic acids is 2. The maximum absolute atomic E-state index is 13.0. The number of benzene rings is 1. The van der Waals surface area contributed by atoms with E-state index >= 15 is 0 Å².